The highest BCUT2D eigenvalue weighted by Crippen LogP contribution is 2.30. The molecule has 4 aromatic carbocycles. The standard InChI is InChI=1S/C9H8O.C9H8.C8H7N.C7H7NO.C7H6O2/c1-2-6-9-8(4-1)5-3-7-10-9;1-2-5-9-7-3-6-8(9)4-1;1-3-7-4-2-6-9-8(7)5-1;2*1-2-4-7-6(3-1)8-5-9-7/h1-6H,7H2;1-6H,7H2;1-2,4-6H,3H2;1-4,8H,5H2;1-4H,5H2. The number of nitrogens with one attached hydrogen (secondary N) is 1. The molecular weight excluding hydrogens is 572 g/mol. The largest absolute Gasteiger partial charge is 0.489 e. The third kappa shape index (κ3) is 8.24. The van der Waals surface area contributed by atoms with Gasteiger partial charge in [-0.25, -0.2) is 0 Å². The van der Waals surface area contributed by atoms with Crippen molar-refractivity contribution in [2.75, 3.05) is 25.4 Å². The summed E-state index contributed by atoms with van der Waals surface area (Å²) in [5, 5.41) is 3.08. The van der Waals surface area contributed by atoms with Gasteiger partial charge in [0.2, 0.25) is 6.79 Å². The number of hydrogen-bond acceptors (Lipinski definition) is 6. The lowest BCUT2D eigenvalue weighted by atomic mass is 10.1. The second-order valence-electron chi connectivity index (χ2n) is 10.5. The smallest absolute Gasteiger partial charge is 0.231 e. The molecule has 2 aliphatic carbocycles. The van der Waals surface area contributed by atoms with E-state index in [1.807, 2.05) is 91.1 Å². The summed E-state index contributed by atoms with van der Waals surface area (Å²) in [7, 11) is 0. The first-order valence-corrected chi connectivity index (χ1v) is 15.4. The summed E-state index contributed by atoms with van der Waals surface area (Å²) in [6.07, 6.45) is 16.7. The Morgan fingerprint density at radius 3 is 1.89 bits per heavy atom. The van der Waals surface area contributed by atoms with Gasteiger partial charge >= 0.3 is 0 Å². The van der Waals surface area contributed by atoms with Crippen LogP contribution in [0.4, 0.5) is 5.69 Å². The first kappa shape index (κ1) is 30.3. The summed E-state index contributed by atoms with van der Waals surface area (Å²) in [6, 6.07) is 36.2. The van der Waals surface area contributed by atoms with Crippen molar-refractivity contribution in [3.63, 3.8) is 0 Å². The number of hydrogen-bond donors (Lipinski definition) is 1. The third-order valence-corrected chi connectivity index (χ3v) is 7.44. The van der Waals surface area contributed by atoms with Crippen molar-refractivity contribution in [1.82, 2.24) is 4.98 Å². The van der Waals surface area contributed by atoms with Crippen molar-refractivity contribution in [3.05, 3.63) is 162 Å². The van der Waals surface area contributed by atoms with Gasteiger partial charge < -0.3 is 24.3 Å². The maximum Gasteiger partial charge on any atom is 0.231 e. The SMILES string of the molecule is C1=Cc2ccccc2C1.C1=Cc2ccccc2OC1.C1=Cc2ncccc2C1.c1ccc2c(c1)NCO2.c1ccc2c(c1)OCO2. The number of ether oxygens (including phenoxy) is 4. The van der Waals surface area contributed by atoms with Gasteiger partial charge in [-0.3, -0.25) is 4.98 Å². The molecule has 0 spiro atoms. The number of para-hydroxylation sites is 5. The number of benzene rings is 4. The lowest BCUT2D eigenvalue weighted by Gasteiger charge is -2.10. The molecule has 0 saturated heterocycles. The molecule has 4 heterocycles. The molecule has 0 saturated carbocycles. The fourth-order valence-corrected chi connectivity index (χ4v) is 5.10. The Morgan fingerprint density at radius 1 is 0.500 bits per heavy atom. The molecule has 3 aliphatic heterocycles. The lowest BCUT2D eigenvalue weighted by molar-refractivity contribution is 0.174. The Bertz CT molecular complexity index is 1660. The Labute approximate surface area is 270 Å². The minimum Gasteiger partial charge on any atom is -0.489 e. The highest BCUT2D eigenvalue weighted by Gasteiger charge is 2.10. The summed E-state index contributed by atoms with van der Waals surface area (Å²) in [5.74, 6) is 3.64. The van der Waals surface area contributed by atoms with E-state index in [9.17, 15) is 0 Å². The van der Waals surface area contributed by atoms with E-state index in [0.29, 0.717) is 20.1 Å². The number of pyridine rings is 1. The zero-order valence-corrected chi connectivity index (χ0v) is 25.5. The van der Waals surface area contributed by atoms with Crippen molar-refractivity contribution < 1.29 is 18.9 Å². The molecule has 0 amide bonds. The van der Waals surface area contributed by atoms with Crippen LogP contribution in [0.5, 0.6) is 23.0 Å². The monoisotopic (exact) mass is 608 g/mol. The van der Waals surface area contributed by atoms with E-state index in [-0.39, 0.29) is 0 Å². The molecule has 0 radical (unpaired) electrons. The van der Waals surface area contributed by atoms with Gasteiger partial charge in [-0.2, -0.15) is 0 Å². The van der Waals surface area contributed by atoms with Crippen LogP contribution in [0.3, 0.4) is 0 Å². The van der Waals surface area contributed by atoms with Crippen molar-refractivity contribution in [3.8, 4) is 23.0 Å². The molecule has 46 heavy (non-hydrogen) atoms. The number of fused-ring (bicyclic) bond motifs is 5. The second-order valence-corrected chi connectivity index (χ2v) is 10.5. The van der Waals surface area contributed by atoms with Crippen molar-refractivity contribution in [2.24, 2.45) is 0 Å². The van der Waals surface area contributed by atoms with E-state index in [1.54, 1.807) is 0 Å². The van der Waals surface area contributed by atoms with Crippen molar-refractivity contribution in [1.29, 1.82) is 0 Å². The second kappa shape index (κ2) is 15.8. The van der Waals surface area contributed by atoms with Crippen LogP contribution in [-0.4, -0.2) is 25.1 Å². The van der Waals surface area contributed by atoms with Gasteiger partial charge in [0, 0.05) is 11.8 Å². The van der Waals surface area contributed by atoms with Gasteiger partial charge in [-0.05, 0) is 78.1 Å². The summed E-state index contributed by atoms with van der Waals surface area (Å²) >= 11 is 0. The van der Waals surface area contributed by atoms with Gasteiger partial charge in [-0.1, -0.05) is 97.1 Å². The Kier molecular flexibility index (Phi) is 10.4. The van der Waals surface area contributed by atoms with Gasteiger partial charge in [0.15, 0.2) is 18.2 Å². The normalized spacial score (nSPS) is 13.8. The van der Waals surface area contributed by atoms with E-state index in [4.69, 9.17) is 18.9 Å². The quantitative estimate of drug-likeness (QED) is 0.190. The molecular formula is C40H36N2O4. The van der Waals surface area contributed by atoms with E-state index >= 15 is 0 Å². The van der Waals surface area contributed by atoms with Crippen LogP contribution in [0.2, 0.25) is 0 Å². The minimum absolute atomic E-state index is 0.360. The average molecular weight is 609 g/mol. The fourth-order valence-electron chi connectivity index (χ4n) is 5.10. The van der Waals surface area contributed by atoms with Gasteiger partial charge in [-0.15, -0.1) is 0 Å². The first-order chi connectivity index (χ1) is 22.8. The zero-order valence-electron chi connectivity index (χ0n) is 25.5. The molecule has 0 bridgehead atoms. The molecule has 5 aliphatic rings. The highest BCUT2D eigenvalue weighted by atomic mass is 16.7. The molecule has 10 rings (SSSR count). The summed E-state index contributed by atoms with van der Waals surface area (Å²) in [4.78, 5) is 4.17. The molecule has 1 aromatic heterocycles. The van der Waals surface area contributed by atoms with Crippen LogP contribution in [0, 0.1) is 0 Å². The third-order valence-electron chi connectivity index (χ3n) is 7.44. The van der Waals surface area contributed by atoms with Gasteiger partial charge in [0.25, 0.3) is 0 Å². The average Bonchev–Trinajstić information content (AvgIpc) is 3.96. The van der Waals surface area contributed by atoms with Crippen LogP contribution in [0.1, 0.15) is 27.9 Å². The van der Waals surface area contributed by atoms with E-state index in [0.717, 1.165) is 47.2 Å². The first-order valence-electron chi connectivity index (χ1n) is 15.4. The number of rotatable bonds is 0. The van der Waals surface area contributed by atoms with E-state index in [1.165, 1.54) is 22.3 Å². The lowest BCUT2D eigenvalue weighted by Crippen LogP contribution is -1.98. The summed E-state index contributed by atoms with van der Waals surface area (Å²) in [5.41, 5.74) is 7.59. The molecule has 0 unspecified atom stereocenters. The van der Waals surface area contributed by atoms with Crippen LogP contribution < -0.4 is 24.3 Å². The summed E-state index contributed by atoms with van der Waals surface area (Å²) in [6.45, 7) is 1.68. The molecule has 6 nitrogen and oxygen atoms in total. The molecule has 6 heteroatoms. The van der Waals surface area contributed by atoms with Crippen LogP contribution in [0.25, 0.3) is 18.2 Å². The van der Waals surface area contributed by atoms with Gasteiger partial charge in [0.1, 0.15) is 18.1 Å². The van der Waals surface area contributed by atoms with Crippen molar-refractivity contribution >= 4 is 23.9 Å². The Hall–Kier alpha value is -5.75. The minimum atomic E-state index is 0.360. The molecule has 1 N–H and O–H groups in total. The van der Waals surface area contributed by atoms with E-state index < -0.39 is 0 Å². The predicted molar refractivity (Wildman–Crippen MR) is 185 cm³/mol. The van der Waals surface area contributed by atoms with E-state index in [2.05, 4.69) is 71.0 Å². The molecule has 0 atom stereocenters. The molecule has 5 aromatic rings. The van der Waals surface area contributed by atoms with Gasteiger partial charge in [0.05, 0.1) is 11.4 Å². The Balaban J connectivity index is 0.000000101. The maximum atomic E-state index is 5.34. The number of allylic oxidation sites excluding steroid dienone is 2. The summed E-state index contributed by atoms with van der Waals surface area (Å²) < 4.78 is 20.7. The molecule has 230 valence electrons. The number of anilines is 1. The number of aromatic nitrogens is 1. The van der Waals surface area contributed by atoms with Crippen LogP contribution >= 0.6 is 0 Å². The maximum absolute atomic E-state index is 5.34. The van der Waals surface area contributed by atoms with Crippen molar-refractivity contribution in [2.45, 2.75) is 12.8 Å². The highest BCUT2D eigenvalue weighted by molar-refractivity contribution is 5.60. The number of nitrogens with zero attached hydrogens (tertiary/aromatic N) is 1. The van der Waals surface area contributed by atoms with Crippen LogP contribution in [0.15, 0.2) is 134 Å². The zero-order chi connectivity index (χ0) is 31.2. The predicted octanol–water partition coefficient (Wildman–Crippen LogP) is 8.86. The van der Waals surface area contributed by atoms with Crippen LogP contribution in [-0.2, 0) is 12.8 Å². The molecule has 0 fully saturated rings. The Morgan fingerprint density at radius 2 is 1.13 bits per heavy atom. The topological polar surface area (TPSA) is 61.8 Å². The fraction of sp³-hybridized carbons (Fsp3) is 0.125.